The fourth-order valence-corrected chi connectivity index (χ4v) is 2.49. The van der Waals surface area contributed by atoms with Gasteiger partial charge in [-0.3, -0.25) is 9.71 Å². The van der Waals surface area contributed by atoms with Crippen LogP contribution in [0.25, 0.3) is 0 Å². The zero-order valence-corrected chi connectivity index (χ0v) is 10.8. The van der Waals surface area contributed by atoms with Crippen LogP contribution in [0.5, 0.6) is 5.75 Å². The van der Waals surface area contributed by atoms with Gasteiger partial charge in [0.15, 0.2) is 0 Å². The molecule has 2 N–H and O–H groups in total. The summed E-state index contributed by atoms with van der Waals surface area (Å²) in [6, 6.07) is 5.13. The number of rotatable bonds is 3. The average molecular weight is 282 g/mol. The Balaban J connectivity index is 2.33. The third-order valence-corrected chi connectivity index (χ3v) is 3.79. The minimum Gasteiger partial charge on any atom is -0.508 e. The Morgan fingerprint density at radius 3 is 2.63 bits per heavy atom. The summed E-state index contributed by atoms with van der Waals surface area (Å²) in [7, 11) is -3.90. The maximum absolute atomic E-state index is 13.0. The standard InChI is InChI=1S/C12H11FN2O3S/c1-8-4-10(2-3-12(8)16)15-19(17,18)11-5-9(13)6-14-7-11/h2-7,15-16H,1H3. The van der Waals surface area contributed by atoms with Crippen molar-refractivity contribution in [1.29, 1.82) is 0 Å². The summed E-state index contributed by atoms with van der Waals surface area (Å²) in [5.41, 5.74) is 0.803. The van der Waals surface area contributed by atoms with Gasteiger partial charge < -0.3 is 5.11 Å². The second kappa shape index (κ2) is 4.85. The lowest BCUT2D eigenvalue weighted by molar-refractivity contribution is 0.471. The molecule has 1 aromatic heterocycles. The van der Waals surface area contributed by atoms with Crippen LogP contribution in [-0.2, 0) is 10.0 Å². The maximum atomic E-state index is 13.0. The number of phenols is 1. The van der Waals surface area contributed by atoms with Crippen molar-refractivity contribution in [3.05, 3.63) is 48.0 Å². The van der Waals surface area contributed by atoms with Crippen LogP contribution in [0, 0.1) is 12.7 Å². The van der Waals surface area contributed by atoms with E-state index in [1.165, 1.54) is 18.2 Å². The van der Waals surface area contributed by atoms with E-state index >= 15 is 0 Å². The number of hydrogen-bond acceptors (Lipinski definition) is 4. The van der Waals surface area contributed by atoms with Gasteiger partial charge in [-0.2, -0.15) is 0 Å². The Labute approximate surface area is 109 Å². The summed E-state index contributed by atoms with van der Waals surface area (Å²) in [6.45, 7) is 1.64. The molecule has 0 saturated carbocycles. The lowest BCUT2D eigenvalue weighted by Gasteiger charge is -2.09. The van der Waals surface area contributed by atoms with E-state index in [9.17, 15) is 17.9 Å². The lowest BCUT2D eigenvalue weighted by Crippen LogP contribution is -2.13. The molecule has 19 heavy (non-hydrogen) atoms. The molecule has 0 unspecified atom stereocenters. The molecule has 5 nitrogen and oxygen atoms in total. The van der Waals surface area contributed by atoms with Crippen LogP contribution in [-0.4, -0.2) is 18.5 Å². The van der Waals surface area contributed by atoms with Crippen LogP contribution in [0.15, 0.2) is 41.6 Å². The van der Waals surface area contributed by atoms with Crippen LogP contribution < -0.4 is 4.72 Å². The summed E-state index contributed by atoms with van der Waals surface area (Å²) >= 11 is 0. The van der Waals surface area contributed by atoms with Gasteiger partial charge in [-0.1, -0.05) is 0 Å². The van der Waals surface area contributed by atoms with Crippen molar-refractivity contribution >= 4 is 15.7 Å². The smallest absolute Gasteiger partial charge is 0.263 e. The van der Waals surface area contributed by atoms with Gasteiger partial charge in [0.25, 0.3) is 10.0 Å². The maximum Gasteiger partial charge on any atom is 0.263 e. The molecule has 0 spiro atoms. The zero-order chi connectivity index (χ0) is 14.0. The average Bonchev–Trinajstić information content (AvgIpc) is 2.33. The SMILES string of the molecule is Cc1cc(NS(=O)(=O)c2cncc(F)c2)ccc1O. The van der Waals surface area contributed by atoms with Crippen molar-refractivity contribution in [3.8, 4) is 5.75 Å². The first kappa shape index (κ1) is 13.3. The van der Waals surface area contributed by atoms with Crippen molar-refractivity contribution in [3.63, 3.8) is 0 Å². The van der Waals surface area contributed by atoms with E-state index in [2.05, 4.69) is 9.71 Å². The molecule has 0 aliphatic heterocycles. The highest BCUT2D eigenvalue weighted by molar-refractivity contribution is 7.92. The number of aromatic nitrogens is 1. The Morgan fingerprint density at radius 2 is 2.00 bits per heavy atom. The number of nitrogens with one attached hydrogen (secondary N) is 1. The predicted molar refractivity (Wildman–Crippen MR) is 67.8 cm³/mol. The number of aryl methyl sites for hydroxylation is 1. The molecule has 0 radical (unpaired) electrons. The minimum absolute atomic E-state index is 0.0652. The highest BCUT2D eigenvalue weighted by Crippen LogP contribution is 2.22. The van der Waals surface area contributed by atoms with Crippen LogP contribution >= 0.6 is 0 Å². The summed E-state index contributed by atoms with van der Waals surface area (Å²) in [5.74, 6) is -0.667. The van der Waals surface area contributed by atoms with Gasteiger partial charge in [0.1, 0.15) is 16.5 Å². The normalized spacial score (nSPS) is 11.3. The summed E-state index contributed by atoms with van der Waals surface area (Å²) < 4.78 is 39.2. The van der Waals surface area contributed by atoms with Crippen molar-refractivity contribution in [2.45, 2.75) is 11.8 Å². The van der Waals surface area contributed by atoms with Crippen LogP contribution in [0.1, 0.15) is 5.56 Å². The van der Waals surface area contributed by atoms with Crippen molar-refractivity contribution in [2.24, 2.45) is 0 Å². The second-order valence-corrected chi connectivity index (χ2v) is 5.63. The Morgan fingerprint density at radius 1 is 1.26 bits per heavy atom. The molecule has 0 bridgehead atoms. The van der Waals surface area contributed by atoms with Crippen molar-refractivity contribution < 1.29 is 17.9 Å². The molecule has 0 atom stereocenters. The molecule has 1 aromatic carbocycles. The molecule has 0 saturated heterocycles. The highest BCUT2D eigenvalue weighted by atomic mass is 32.2. The van der Waals surface area contributed by atoms with E-state index < -0.39 is 15.8 Å². The number of hydrogen-bond donors (Lipinski definition) is 2. The second-order valence-electron chi connectivity index (χ2n) is 3.95. The van der Waals surface area contributed by atoms with Gasteiger partial charge in [0.2, 0.25) is 0 Å². The zero-order valence-electron chi connectivity index (χ0n) is 9.96. The Hall–Kier alpha value is -2.15. The number of nitrogens with zero attached hydrogens (tertiary/aromatic N) is 1. The number of pyridine rings is 1. The number of phenolic OH excluding ortho intramolecular Hbond substituents is 1. The highest BCUT2D eigenvalue weighted by Gasteiger charge is 2.15. The Bertz CT molecular complexity index is 717. The first-order valence-corrected chi connectivity index (χ1v) is 6.80. The van der Waals surface area contributed by atoms with E-state index in [4.69, 9.17) is 0 Å². The van der Waals surface area contributed by atoms with Gasteiger partial charge in [-0.15, -0.1) is 0 Å². The first-order valence-electron chi connectivity index (χ1n) is 5.31. The quantitative estimate of drug-likeness (QED) is 0.844. The van der Waals surface area contributed by atoms with E-state index in [1.807, 2.05) is 0 Å². The predicted octanol–water partition coefficient (Wildman–Crippen LogP) is 2.04. The summed E-state index contributed by atoms with van der Waals surface area (Å²) in [6.07, 6.45) is 1.97. The lowest BCUT2D eigenvalue weighted by atomic mass is 10.2. The van der Waals surface area contributed by atoms with E-state index in [-0.39, 0.29) is 16.3 Å². The molecule has 2 aromatic rings. The topological polar surface area (TPSA) is 79.3 Å². The number of aromatic hydroxyl groups is 1. The number of anilines is 1. The third kappa shape index (κ3) is 3.00. The van der Waals surface area contributed by atoms with Crippen molar-refractivity contribution in [2.75, 3.05) is 4.72 Å². The van der Waals surface area contributed by atoms with Gasteiger partial charge in [-0.25, -0.2) is 12.8 Å². The molecule has 7 heteroatoms. The molecule has 0 aliphatic rings. The van der Waals surface area contributed by atoms with E-state index in [0.29, 0.717) is 5.56 Å². The van der Waals surface area contributed by atoms with Gasteiger partial charge in [0, 0.05) is 11.9 Å². The molecule has 100 valence electrons. The number of benzene rings is 1. The fourth-order valence-electron chi connectivity index (χ4n) is 1.47. The minimum atomic E-state index is -3.90. The van der Waals surface area contributed by atoms with Gasteiger partial charge >= 0.3 is 0 Å². The first-order chi connectivity index (χ1) is 8.88. The molecule has 1 heterocycles. The van der Waals surface area contributed by atoms with E-state index in [1.54, 1.807) is 6.92 Å². The summed E-state index contributed by atoms with van der Waals surface area (Å²) in [5, 5.41) is 9.36. The largest absolute Gasteiger partial charge is 0.508 e. The molecule has 0 aliphatic carbocycles. The van der Waals surface area contributed by atoms with Gasteiger partial charge in [0.05, 0.1) is 6.20 Å². The number of halogens is 1. The van der Waals surface area contributed by atoms with Crippen LogP contribution in [0.2, 0.25) is 0 Å². The molecule has 0 amide bonds. The summed E-state index contributed by atoms with van der Waals surface area (Å²) in [4.78, 5) is 3.22. The fraction of sp³-hybridized carbons (Fsp3) is 0.0833. The van der Waals surface area contributed by atoms with Crippen molar-refractivity contribution in [1.82, 2.24) is 4.98 Å². The molecular weight excluding hydrogens is 271 g/mol. The third-order valence-electron chi connectivity index (χ3n) is 2.44. The van der Waals surface area contributed by atoms with Crippen LogP contribution in [0.4, 0.5) is 10.1 Å². The molecule has 2 rings (SSSR count). The number of sulfonamides is 1. The van der Waals surface area contributed by atoms with Crippen LogP contribution in [0.3, 0.4) is 0 Å². The Kier molecular flexibility index (Phi) is 3.39. The monoisotopic (exact) mass is 282 g/mol. The molecule has 0 fully saturated rings. The van der Waals surface area contributed by atoms with E-state index in [0.717, 1.165) is 18.5 Å². The van der Waals surface area contributed by atoms with Gasteiger partial charge in [-0.05, 0) is 36.8 Å². The molecular formula is C12H11FN2O3S.